The lowest BCUT2D eigenvalue weighted by atomic mass is 9.94. The second-order valence-corrected chi connectivity index (χ2v) is 8.33. The maximum atomic E-state index is 12.6. The van der Waals surface area contributed by atoms with Crippen molar-refractivity contribution in [2.75, 3.05) is 19.3 Å². The molecule has 1 heterocycles. The predicted molar refractivity (Wildman–Crippen MR) is 81.9 cm³/mol. The first kappa shape index (κ1) is 17.7. The number of carbonyl (C=O) groups excluding carboxylic acids is 1. The van der Waals surface area contributed by atoms with E-state index in [1.165, 1.54) is 6.26 Å². The molecule has 118 valence electrons. The molecule has 0 spiro atoms. The van der Waals surface area contributed by atoms with Gasteiger partial charge in [0, 0.05) is 12.3 Å². The van der Waals surface area contributed by atoms with Gasteiger partial charge in [0.2, 0.25) is 5.91 Å². The minimum atomic E-state index is -3.40. The molecule has 0 bridgehead atoms. The Morgan fingerprint density at radius 2 is 1.85 bits per heavy atom. The fourth-order valence-corrected chi connectivity index (χ4v) is 4.60. The third-order valence-electron chi connectivity index (χ3n) is 4.71. The zero-order valence-electron chi connectivity index (χ0n) is 12.1. The highest BCUT2D eigenvalue weighted by Gasteiger charge is 2.49. The fourth-order valence-electron chi connectivity index (χ4n) is 3.26. The quantitative estimate of drug-likeness (QED) is 0.808. The van der Waals surface area contributed by atoms with Crippen molar-refractivity contribution in [3.63, 3.8) is 0 Å². The van der Waals surface area contributed by atoms with Crippen LogP contribution in [-0.2, 0) is 14.6 Å². The average Bonchev–Trinajstić information content (AvgIpc) is 2.74. The van der Waals surface area contributed by atoms with E-state index in [4.69, 9.17) is 0 Å². The molecule has 0 radical (unpaired) electrons. The third kappa shape index (κ3) is 3.28. The number of nitrogens with one attached hydrogen (secondary N) is 2. The first-order valence-electron chi connectivity index (χ1n) is 7.08. The van der Waals surface area contributed by atoms with Gasteiger partial charge in [-0.2, -0.15) is 0 Å². The maximum absolute atomic E-state index is 12.6. The number of halogens is 1. The number of sulfone groups is 1. The molecule has 0 aromatic heterocycles. The van der Waals surface area contributed by atoms with E-state index in [2.05, 4.69) is 17.6 Å². The molecule has 2 fully saturated rings. The van der Waals surface area contributed by atoms with Gasteiger partial charge in [-0.1, -0.05) is 13.3 Å². The summed E-state index contributed by atoms with van der Waals surface area (Å²) in [5.74, 6) is 0.164. The zero-order chi connectivity index (χ0) is 14.1. The Hall–Kier alpha value is -0.330. The molecule has 2 atom stereocenters. The average molecular weight is 325 g/mol. The smallest absolute Gasteiger partial charge is 0.241 e. The number of carbonyl (C=O) groups is 1. The van der Waals surface area contributed by atoms with Crippen molar-refractivity contribution in [1.82, 2.24) is 10.6 Å². The number of hydrogen-bond acceptors (Lipinski definition) is 4. The lowest BCUT2D eigenvalue weighted by Gasteiger charge is -2.35. The Labute approximate surface area is 127 Å². The minimum Gasteiger partial charge on any atom is -0.352 e. The van der Waals surface area contributed by atoms with Gasteiger partial charge < -0.3 is 10.6 Å². The number of rotatable bonds is 3. The van der Waals surface area contributed by atoms with Crippen molar-refractivity contribution in [2.24, 2.45) is 5.92 Å². The summed E-state index contributed by atoms with van der Waals surface area (Å²) in [5, 5.41) is 6.12. The van der Waals surface area contributed by atoms with Crippen molar-refractivity contribution in [1.29, 1.82) is 0 Å². The molecule has 0 aromatic carbocycles. The van der Waals surface area contributed by atoms with Gasteiger partial charge in [0.15, 0.2) is 14.6 Å². The molecule has 2 rings (SSSR count). The highest BCUT2D eigenvalue weighted by molar-refractivity contribution is 7.92. The van der Waals surface area contributed by atoms with Gasteiger partial charge in [-0.3, -0.25) is 4.79 Å². The summed E-state index contributed by atoms with van der Waals surface area (Å²) in [6.45, 7) is 3.29. The summed E-state index contributed by atoms with van der Waals surface area (Å²) in [4.78, 5) is 12.6. The predicted octanol–water partition coefficient (Wildman–Crippen LogP) is 0.880. The van der Waals surface area contributed by atoms with Gasteiger partial charge in [-0.25, -0.2) is 8.42 Å². The summed E-state index contributed by atoms with van der Waals surface area (Å²) in [6, 6.07) is 0.140. The van der Waals surface area contributed by atoms with Crippen LogP contribution in [0.2, 0.25) is 0 Å². The normalized spacial score (nSPS) is 29.5. The first-order chi connectivity index (χ1) is 8.87. The Morgan fingerprint density at radius 1 is 1.25 bits per heavy atom. The van der Waals surface area contributed by atoms with Crippen LogP contribution in [0.4, 0.5) is 0 Å². The van der Waals surface area contributed by atoms with E-state index in [9.17, 15) is 13.2 Å². The largest absolute Gasteiger partial charge is 0.352 e. The van der Waals surface area contributed by atoms with Gasteiger partial charge in [-0.15, -0.1) is 12.4 Å². The van der Waals surface area contributed by atoms with Crippen molar-refractivity contribution in [3.8, 4) is 0 Å². The van der Waals surface area contributed by atoms with Gasteiger partial charge in [-0.05, 0) is 44.7 Å². The van der Waals surface area contributed by atoms with Crippen LogP contribution in [0.3, 0.4) is 0 Å². The summed E-state index contributed by atoms with van der Waals surface area (Å²) in [7, 11) is -3.40. The molecule has 1 saturated carbocycles. The Kier molecular flexibility index (Phi) is 5.87. The maximum Gasteiger partial charge on any atom is 0.241 e. The van der Waals surface area contributed by atoms with Crippen LogP contribution in [0, 0.1) is 5.92 Å². The van der Waals surface area contributed by atoms with E-state index in [1.54, 1.807) is 0 Å². The molecule has 0 aromatic rings. The molecule has 2 N–H and O–H groups in total. The highest BCUT2D eigenvalue weighted by Crippen LogP contribution is 2.30. The Bertz CT molecular complexity index is 447. The van der Waals surface area contributed by atoms with Crippen LogP contribution in [0.5, 0.6) is 0 Å². The molecule has 7 heteroatoms. The number of amides is 1. The van der Waals surface area contributed by atoms with E-state index >= 15 is 0 Å². The van der Waals surface area contributed by atoms with Crippen LogP contribution in [0.1, 0.15) is 39.0 Å². The molecule has 5 nitrogen and oxygen atoms in total. The summed E-state index contributed by atoms with van der Waals surface area (Å²) >= 11 is 0. The Morgan fingerprint density at radius 3 is 2.30 bits per heavy atom. The standard InChI is InChI=1S/C13H24N2O3S.ClH/c1-10-4-3-5-11(10)15-12(16)13(19(2,17)18)6-8-14-9-7-13;/h10-11,14H,3-9H2,1-2H3,(H,15,16);1H. The highest BCUT2D eigenvalue weighted by atomic mass is 35.5. The zero-order valence-corrected chi connectivity index (χ0v) is 13.8. The van der Waals surface area contributed by atoms with E-state index in [1.807, 2.05) is 0 Å². The summed E-state index contributed by atoms with van der Waals surface area (Å²) in [6.07, 6.45) is 5.12. The van der Waals surface area contributed by atoms with Gasteiger partial charge in [0.05, 0.1) is 0 Å². The van der Waals surface area contributed by atoms with E-state index in [0.717, 1.165) is 19.3 Å². The number of hydrogen-bond donors (Lipinski definition) is 2. The van der Waals surface area contributed by atoms with Crippen LogP contribution in [-0.4, -0.2) is 44.5 Å². The summed E-state index contributed by atoms with van der Waals surface area (Å²) < 4.78 is 23.0. The minimum absolute atomic E-state index is 0. The lowest BCUT2D eigenvalue weighted by molar-refractivity contribution is -0.125. The topological polar surface area (TPSA) is 75.3 Å². The summed E-state index contributed by atoms with van der Waals surface area (Å²) in [5.41, 5.74) is 0. The van der Waals surface area contributed by atoms with Crippen molar-refractivity contribution in [2.45, 2.75) is 49.8 Å². The third-order valence-corrected chi connectivity index (χ3v) is 6.73. The van der Waals surface area contributed by atoms with Crippen LogP contribution >= 0.6 is 12.4 Å². The second kappa shape index (κ2) is 6.62. The van der Waals surface area contributed by atoms with Gasteiger partial charge in [0.25, 0.3) is 0 Å². The van der Waals surface area contributed by atoms with Crippen molar-refractivity contribution in [3.05, 3.63) is 0 Å². The molecule has 20 heavy (non-hydrogen) atoms. The SMILES string of the molecule is CC1CCCC1NC(=O)C1(S(C)(=O)=O)CCNCC1.Cl. The van der Waals surface area contributed by atoms with Crippen LogP contribution in [0.15, 0.2) is 0 Å². The van der Waals surface area contributed by atoms with Crippen LogP contribution in [0.25, 0.3) is 0 Å². The van der Waals surface area contributed by atoms with E-state index in [-0.39, 0.29) is 24.4 Å². The molecule has 1 aliphatic heterocycles. The monoisotopic (exact) mass is 324 g/mol. The van der Waals surface area contributed by atoms with E-state index in [0.29, 0.717) is 31.8 Å². The molecule has 1 amide bonds. The van der Waals surface area contributed by atoms with Gasteiger partial charge in [0.1, 0.15) is 0 Å². The van der Waals surface area contributed by atoms with E-state index < -0.39 is 14.6 Å². The van der Waals surface area contributed by atoms with Gasteiger partial charge >= 0.3 is 0 Å². The first-order valence-corrected chi connectivity index (χ1v) is 8.97. The fraction of sp³-hybridized carbons (Fsp3) is 0.923. The lowest BCUT2D eigenvalue weighted by Crippen LogP contribution is -2.59. The van der Waals surface area contributed by atoms with Crippen molar-refractivity contribution >= 4 is 28.2 Å². The Balaban J connectivity index is 0.00000200. The molecule has 1 saturated heterocycles. The molecule has 2 aliphatic rings. The molecular weight excluding hydrogens is 300 g/mol. The molecule has 1 aliphatic carbocycles. The second-order valence-electron chi connectivity index (χ2n) is 6.00. The molecule has 2 unspecified atom stereocenters. The molecular formula is C13H25ClN2O3S. The van der Waals surface area contributed by atoms with Crippen molar-refractivity contribution < 1.29 is 13.2 Å². The number of piperidine rings is 1. The van der Waals surface area contributed by atoms with Crippen LogP contribution < -0.4 is 10.6 Å².